The Bertz CT molecular complexity index is 336. The predicted octanol–water partition coefficient (Wildman–Crippen LogP) is 1.34. The van der Waals surface area contributed by atoms with E-state index in [2.05, 4.69) is 0 Å². The molecule has 0 radical (unpaired) electrons. The molecule has 0 saturated carbocycles. The second-order valence-electron chi connectivity index (χ2n) is 3.71. The van der Waals surface area contributed by atoms with Gasteiger partial charge in [0.05, 0.1) is 19.8 Å². The molecule has 4 nitrogen and oxygen atoms in total. The van der Waals surface area contributed by atoms with Crippen LogP contribution in [0.4, 0.5) is 0 Å². The fourth-order valence-corrected chi connectivity index (χ4v) is 1.21. The molecule has 0 saturated heterocycles. The Kier molecular flexibility index (Phi) is 4.58. The summed E-state index contributed by atoms with van der Waals surface area (Å²) < 4.78 is 10.7. The van der Waals surface area contributed by atoms with Crippen LogP contribution in [-0.4, -0.2) is 29.5 Å². The van der Waals surface area contributed by atoms with E-state index < -0.39 is 6.10 Å². The molecule has 0 aliphatic carbocycles. The van der Waals surface area contributed by atoms with Gasteiger partial charge in [0.2, 0.25) is 0 Å². The van der Waals surface area contributed by atoms with Gasteiger partial charge < -0.3 is 19.7 Å². The van der Waals surface area contributed by atoms with Crippen LogP contribution >= 0.6 is 0 Å². The quantitative estimate of drug-likeness (QED) is 0.795. The van der Waals surface area contributed by atoms with E-state index in [-0.39, 0.29) is 12.7 Å². The van der Waals surface area contributed by atoms with Gasteiger partial charge in [-0.15, -0.1) is 0 Å². The van der Waals surface area contributed by atoms with Crippen molar-refractivity contribution in [2.45, 2.75) is 32.7 Å². The molecule has 0 heterocycles. The number of aliphatic hydroxyl groups excluding tert-OH is 2. The van der Waals surface area contributed by atoms with Gasteiger partial charge in [0.1, 0.15) is 6.10 Å². The highest BCUT2D eigenvalue weighted by molar-refractivity contribution is 5.42. The molecular formula is C12H18O4. The van der Waals surface area contributed by atoms with E-state index in [1.807, 2.05) is 0 Å². The van der Waals surface area contributed by atoms with Crippen molar-refractivity contribution >= 4 is 0 Å². The first-order valence-electron chi connectivity index (χ1n) is 5.21. The summed E-state index contributed by atoms with van der Waals surface area (Å²) in [5.74, 6) is 1.12. The number of hydrogen-bond donors (Lipinski definition) is 2. The zero-order chi connectivity index (χ0) is 12.1. The summed E-state index contributed by atoms with van der Waals surface area (Å²) in [4.78, 5) is 0. The SMILES string of the molecule is COc1ccc(CO)cc1OC(C)C(C)O. The van der Waals surface area contributed by atoms with Gasteiger partial charge in [0.15, 0.2) is 11.5 Å². The minimum atomic E-state index is -0.567. The van der Waals surface area contributed by atoms with E-state index in [0.29, 0.717) is 11.5 Å². The molecule has 0 aliphatic heterocycles. The molecule has 2 N–H and O–H groups in total. The lowest BCUT2D eigenvalue weighted by Crippen LogP contribution is -2.25. The number of rotatable bonds is 5. The predicted molar refractivity (Wildman–Crippen MR) is 60.7 cm³/mol. The van der Waals surface area contributed by atoms with Gasteiger partial charge in [-0.1, -0.05) is 6.07 Å². The third-order valence-electron chi connectivity index (χ3n) is 2.40. The minimum absolute atomic E-state index is 0.0522. The third kappa shape index (κ3) is 3.12. The first kappa shape index (κ1) is 12.8. The molecule has 1 aromatic carbocycles. The van der Waals surface area contributed by atoms with Gasteiger partial charge in [-0.3, -0.25) is 0 Å². The smallest absolute Gasteiger partial charge is 0.162 e. The maximum absolute atomic E-state index is 9.36. The molecular weight excluding hydrogens is 208 g/mol. The second kappa shape index (κ2) is 5.72. The average Bonchev–Trinajstić information content (AvgIpc) is 2.28. The summed E-state index contributed by atoms with van der Waals surface area (Å²) in [6, 6.07) is 5.20. The molecule has 0 spiro atoms. The summed E-state index contributed by atoms with van der Waals surface area (Å²) in [5.41, 5.74) is 0.744. The van der Waals surface area contributed by atoms with E-state index >= 15 is 0 Å². The molecule has 0 bridgehead atoms. The van der Waals surface area contributed by atoms with Crippen molar-refractivity contribution in [3.8, 4) is 11.5 Å². The fraction of sp³-hybridized carbons (Fsp3) is 0.500. The molecule has 4 heteroatoms. The molecule has 0 fully saturated rings. The van der Waals surface area contributed by atoms with Crippen LogP contribution in [0.2, 0.25) is 0 Å². The Morgan fingerprint density at radius 2 is 1.94 bits per heavy atom. The van der Waals surface area contributed by atoms with Crippen molar-refractivity contribution in [3.63, 3.8) is 0 Å². The standard InChI is InChI=1S/C12H18O4/c1-8(14)9(2)16-12-6-10(7-13)4-5-11(12)15-3/h4-6,8-9,13-14H,7H2,1-3H3. The Hall–Kier alpha value is -1.26. The van der Waals surface area contributed by atoms with Crippen LogP contribution in [0.3, 0.4) is 0 Å². The van der Waals surface area contributed by atoms with Crippen LogP contribution in [0.15, 0.2) is 18.2 Å². The number of aliphatic hydroxyl groups is 2. The van der Waals surface area contributed by atoms with Crippen molar-refractivity contribution in [3.05, 3.63) is 23.8 Å². The van der Waals surface area contributed by atoms with E-state index in [1.165, 1.54) is 0 Å². The molecule has 16 heavy (non-hydrogen) atoms. The molecule has 0 aliphatic rings. The molecule has 90 valence electrons. The van der Waals surface area contributed by atoms with Crippen LogP contribution in [0.5, 0.6) is 11.5 Å². The highest BCUT2D eigenvalue weighted by Gasteiger charge is 2.13. The van der Waals surface area contributed by atoms with Crippen LogP contribution in [0.25, 0.3) is 0 Å². The summed E-state index contributed by atoms with van der Waals surface area (Å²) in [6.07, 6.45) is -0.898. The van der Waals surface area contributed by atoms with Crippen LogP contribution < -0.4 is 9.47 Å². The monoisotopic (exact) mass is 226 g/mol. The Morgan fingerprint density at radius 1 is 1.25 bits per heavy atom. The molecule has 0 aromatic heterocycles. The second-order valence-corrected chi connectivity index (χ2v) is 3.71. The van der Waals surface area contributed by atoms with E-state index in [1.54, 1.807) is 39.2 Å². The number of benzene rings is 1. The minimum Gasteiger partial charge on any atom is -0.493 e. The van der Waals surface area contributed by atoms with Crippen LogP contribution in [-0.2, 0) is 6.61 Å². The summed E-state index contributed by atoms with van der Waals surface area (Å²) >= 11 is 0. The van der Waals surface area contributed by atoms with Crippen molar-refractivity contribution < 1.29 is 19.7 Å². The highest BCUT2D eigenvalue weighted by atomic mass is 16.5. The Balaban J connectivity index is 2.91. The zero-order valence-corrected chi connectivity index (χ0v) is 9.80. The van der Waals surface area contributed by atoms with E-state index in [0.717, 1.165) is 5.56 Å². The fourth-order valence-electron chi connectivity index (χ4n) is 1.21. The van der Waals surface area contributed by atoms with Crippen molar-refractivity contribution in [2.75, 3.05) is 7.11 Å². The van der Waals surface area contributed by atoms with E-state index in [4.69, 9.17) is 14.6 Å². The Morgan fingerprint density at radius 3 is 2.44 bits per heavy atom. The van der Waals surface area contributed by atoms with Gasteiger partial charge in [0, 0.05) is 0 Å². The van der Waals surface area contributed by atoms with Crippen LogP contribution in [0, 0.1) is 0 Å². The summed E-state index contributed by atoms with van der Waals surface area (Å²) in [7, 11) is 1.55. The number of hydrogen-bond acceptors (Lipinski definition) is 4. The molecule has 1 rings (SSSR count). The topological polar surface area (TPSA) is 58.9 Å². The lowest BCUT2D eigenvalue weighted by molar-refractivity contribution is 0.0585. The van der Waals surface area contributed by atoms with Crippen molar-refractivity contribution in [1.29, 1.82) is 0 Å². The number of methoxy groups -OCH3 is 1. The molecule has 2 unspecified atom stereocenters. The van der Waals surface area contributed by atoms with Gasteiger partial charge in [-0.05, 0) is 31.5 Å². The third-order valence-corrected chi connectivity index (χ3v) is 2.40. The Labute approximate surface area is 95.4 Å². The molecule has 0 amide bonds. The van der Waals surface area contributed by atoms with Crippen molar-refractivity contribution in [2.24, 2.45) is 0 Å². The maximum Gasteiger partial charge on any atom is 0.162 e. The summed E-state index contributed by atoms with van der Waals surface area (Å²) in [5, 5.41) is 18.4. The maximum atomic E-state index is 9.36. The van der Waals surface area contributed by atoms with Gasteiger partial charge in [0.25, 0.3) is 0 Å². The lowest BCUT2D eigenvalue weighted by Gasteiger charge is -2.19. The molecule has 1 aromatic rings. The first-order valence-corrected chi connectivity index (χ1v) is 5.21. The number of ether oxygens (including phenoxy) is 2. The van der Waals surface area contributed by atoms with Gasteiger partial charge in [-0.25, -0.2) is 0 Å². The first-order chi connectivity index (χ1) is 7.58. The summed E-state index contributed by atoms with van der Waals surface area (Å²) in [6.45, 7) is 3.38. The lowest BCUT2D eigenvalue weighted by atomic mass is 10.2. The van der Waals surface area contributed by atoms with Gasteiger partial charge >= 0.3 is 0 Å². The van der Waals surface area contributed by atoms with E-state index in [9.17, 15) is 5.11 Å². The van der Waals surface area contributed by atoms with Crippen molar-refractivity contribution in [1.82, 2.24) is 0 Å². The van der Waals surface area contributed by atoms with Gasteiger partial charge in [-0.2, -0.15) is 0 Å². The van der Waals surface area contributed by atoms with Crippen LogP contribution in [0.1, 0.15) is 19.4 Å². The highest BCUT2D eigenvalue weighted by Crippen LogP contribution is 2.29. The largest absolute Gasteiger partial charge is 0.493 e. The zero-order valence-electron chi connectivity index (χ0n) is 9.80. The normalized spacial score (nSPS) is 14.3. The molecule has 2 atom stereocenters. The average molecular weight is 226 g/mol.